The molecular formula is C12H16N4O5. The van der Waals surface area contributed by atoms with E-state index in [0.717, 1.165) is 6.54 Å². The number of aromatic hydroxyl groups is 1. The van der Waals surface area contributed by atoms with E-state index < -0.39 is 12.0 Å². The minimum Gasteiger partial charge on any atom is -0.503 e. The molecule has 2 heterocycles. The number of nitrogens with two attached hydrogens (primary N) is 1. The maximum Gasteiger partial charge on any atom is 0.420 e. The van der Waals surface area contributed by atoms with Gasteiger partial charge in [-0.2, -0.15) is 0 Å². The van der Waals surface area contributed by atoms with Gasteiger partial charge in [-0.1, -0.05) is 0 Å². The molecule has 0 aromatic carbocycles. The molecule has 9 heteroatoms. The number of carbonyl (C=O) groups is 2. The van der Waals surface area contributed by atoms with E-state index in [1.54, 1.807) is 6.07 Å². The van der Waals surface area contributed by atoms with Gasteiger partial charge in [-0.3, -0.25) is 10.1 Å². The lowest BCUT2D eigenvalue weighted by Gasteiger charge is -2.24. The van der Waals surface area contributed by atoms with Gasteiger partial charge in [0.1, 0.15) is 0 Å². The van der Waals surface area contributed by atoms with E-state index in [9.17, 15) is 14.7 Å². The number of hydrogen-bond acceptors (Lipinski definition) is 8. The molecular weight excluding hydrogens is 280 g/mol. The van der Waals surface area contributed by atoms with Crippen LogP contribution in [0.4, 0.5) is 4.79 Å². The second-order valence-corrected chi connectivity index (χ2v) is 4.26. The molecule has 9 nitrogen and oxygen atoms in total. The average Bonchev–Trinajstić information content (AvgIpc) is 2.50. The van der Waals surface area contributed by atoms with Crippen molar-refractivity contribution in [3.8, 4) is 11.6 Å². The Morgan fingerprint density at radius 2 is 2.43 bits per heavy atom. The summed E-state index contributed by atoms with van der Waals surface area (Å²) in [5.41, 5.74) is 5.51. The molecule has 0 spiro atoms. The van der Waals surface area contributed by atoms with Gasteiger partial charge in [0.25, 0.3) is 5.88 Å². The van der Waals surface area contributed by atoms with Crippen LogP contribution < -0.4 is 21.1 Å². The zero-order valence-corrected chi connectivity index (χ0v) is 11.2. The van der Waals surface area contributed by atoms with E-state index in [1.807, 2.05) is 5.32 Å². The van der Waals surface area contributed by atoms with Crippen molar-refractivity contribution in [3.63, 3.8) is 0 Å². The van der Waals surface area contributed by atoms with Crippen LogP contribution in [0.2, 0.25) is 0 Å². The van der Waals surface area contributed by atoms with E-state index in [2.05, 4.69) is 10.3 Å². The molecule has 5 N–H and O–H groups in total. The Labute approximate surface area is 120 Å². The van der Waals surface area contributed by atoms with E-state index >= 15 is 0 Å². The molecule has 1 unspecified atom stereocenters. The molecule has 1 aliphatic rings. The third kappa shape index (κ3) is 3.88. The Bertz CT molecular complexity index is 530. The lowest BCUT2D eigenvalue weighted by Crippen LogP contribution is -2.37. The van der Waals surface area contributed by atoms with Gasteiger partial charge in [0, 0.05) is 24.8 Å². The van der Waals surface area contributed by atoms with E-state index in [0.29, 0.717) is 18.7 Å². The first-order chi connectivity index (χ1) is 10.1. The number of hydrogen-bond donors (Lipinski definition) is 4. The number of imide groups is 1. The lowest BCUT2D eigenvalue weighted by atomic mass is 10.1. The van der Waals surface area contributed by atoms with E-state index in [1.165, 1.54) is 6.20 Å². The van der Waals surface area contributed by atoms with Crippen LogP contribution in [0.1, 0.15) is 11.7 Å². The van der Waals surface area contributed by atoms with Crippen molar-refractivity contribution in [3.05, 3.63) is 17.8 Å². The van der Waals surface area contributed by atoms with E-state index in [-0.39, 0.29) is 24.3 Å². The summed E-state index contributed by atoms with van der Waals surface area (Å²) >= 11 is 0. The number of nitrogens with one attached hydrogen (secondary N) is 2. The molecule has 2 amide bonds. The molecule has 0 bridgehead atoms. The summed E-state index contributed by atoms with van der Waals surface area (Å²) in [5, 5.41) is 15.1. The summed E-state index contributed by atoms with van der Waals surface area (Å²) < 4.78 is 10.3. The molecule has 1 aromatic heterocycles. The van der Waals surface area contributed by atoms with Gasteiger partial charge in [0.05, 0.1) is 19.3 Å². The molecule has 1 aliphatic heterocycles. The van der Waals surface area contributed by atoms with Gasteiger partial charge in [-0.15, -0.1) is 0 Å². The van der Waals surface area contributed by atoms with Crippen LogP contribution in [-0.2, 0) is 9.53 Å². The highest BCUT2D eigenvalue weighted by Crippen LogP contribution is 2.33. The Kier molecular flexibility index (Phi) is 5.04. The topological polar surface area (TPSA) is 136 Å². The molecule has 0 aliphatic carbocycles. The van der Waals surface area contributed by atoms with Crippen molar-refractivity contribution >= 4 is 12.0 Å². The Balaban J connectivity index is 2.10. The molecule has 0 saturated carbocycles. The normalized spacial score (nSPS) is 18.0. The second-order valence-electron chi connectivity index (χ2n) is 4.26. The molecule has 2 rings (SSSR count). The fraction of sp³-hybridized carbons (Fsp3) is 0.417. The Morgan fingerprint density at radius 1 is 1.62 bits per heavy atom. The SMILES string of the molecule is NCC(=O)NC(=O)Oc1nccc(C2CNCCO2)c1O. The van der Waals surface area contributed by atoms with Crippen molar-refractivity contribution in [1.29, 1.82) is 0 Å². The molecule has 1 aromatic rings. The predicted octanol–water partition coefficient (Wildman–Crippen LogP) is -0.978. The first kappa shape index (κ1) is 15.2. The van der Waals surface area contributed by atoms with Crippen LogP contribution in [0.3, 0.4) is 0 Å². The van der Waals surface area contributed by atoms with Crippen LogP contribution in [0, 0.1) is 0 Å². The smallest absolute Gasteiger partial charge is 0.420 e. The largest absolute Gasteiger partial charge is 0.503 e. The molecule has 21 heavy (non-hydrogen) atoms. The van der Waals surface area contributed by atoms with Gasteiger partial charge in [0.15, 0.2) is 5.75 Å². The summed E-state index contributed by atoms with van der Waals surface area (Å²) in [6, 6.07) is 1.57. The van der Waals surface area contributed by atoms with Crippen LogP contribution in [0.25, 0.3) is 0 Å². The zero-order chi connectivity index (χ0) is 15.2. The third-order valence-corrected chi connectivity index (χ3v) is 2.81. The number of rotatable bonds is 3. The number of ether oxygens (including phenoxy) is 2. The lowest BCUT2D eigenvalue weighted by molar-refractivity contribution is -0.118. The van der Waals surface area contributed by atoms with Crippen molar-refractivity contribution in [2.45, 2.75) is 6.10 Å². The number of nitrogens with zero attached hydrogens (tertiary/aromatic N) is 1. The Morgan fingerprint density at radius 3 is 3.10 bits per heavy atom. The monoisotopic (exact) mass is 296 g/mol. The van der Waals surface area contributed by atoms with Crippen molar-refractivity contribution < 1.29 is 24.2 Å². The van der Waals surface area contributed by atoms with Crippen LogP contribution in [0.5, 0.6) is 11.6 Å². The van der Waals surface area contributed by atoms with Gasteiger partial charge in [-0.25, -0.2) is 9.78 Å². The maximum absolute atomic E-state index is 11.4. The summed E-state index contributed by atoms with van der Waals surface area (Å²) in [5.74, 6) is -1.30. The number of pyridine rings is 1. The zero-order valence-electron chi connectivity index (χ0n) is 11.2. The summed E-state index contributed by atoms with van der Waals surface area (Å²) in [7, 11) is 0. The summed E-state index contributed by atoms with van der Waals surface area (Å²) in [4.78, 5) is 26.1. The second kappa shape index (κ2) is 6.97. The quantitative estimate of drug-likeness (QED) is 0.559. The minimum atomic E-state index is -1.06. The predicted molar refractivity (Wildman–Crippen MR) is 70.7 cm³/mol. The highest BCUT2D eigenvalue weighted by molar-refractivity contribution is 5.93. The van der Waals surface area contributed by atoms with E-state index in [4.69, 9.17) is 15.2 Å². The van der Waals surface area contributed by atoms with Crippen LogP contribution >= 0.6 is 0 Å². The first-order valence-corrected chi connectivity index (χ1v) is 6.33. The minimum absolute atomic E-state index is 0.302. The molecule has 1 saturated heterocycles. The molecule has 1 atom stereocenters. The third-order valence-electron chi connectivity index (χ3n) is 2.81. The first-order valence-electron chi connectivity index (χ1n) is 6.33. The number of amides is 2. The number of aromatic nitrogens is 1. The molecule has 114 valence electrons. The number of carbonyl (C=O) groups excluding carboxylic acids is 2. The number of morpholine rings is 1. The average molecular weight is 296 g/mol. The standard InChI is InChI=1S/C12H16N4O5/c13-5-9(17)16-12(19)21-11-10(18)7(1-2-15-11)8-6-14-3-4-20-8/h1-2,8,14,18H,3-6,13H2,(H,16,17,19). The van der Waals surface area contributed by atoms with Crippen molar-refractivity contribution in [2.75, 3.05) is 26.2 Å². The van der Waals surface area contributed by atoms with Gasteiger partial charge in [0.2, 0.25) is 5.91 Å². The highest BCUT2D eigenvalue weighted by Gasteiger charge is 2.23. The van der Waals surface area contributed by atoms with Crippen LogP contribution in [-0.4, -0.2) is 48.3 Å². The highest BCUT2D eigenvalue weighted by atomic mass is 16.6. The maximum atomic E-state index is 11.4. The fourth-order valence-corrected chi connectivity index (χ4v) is 1.83. The molecule has 1 fully saturated rings. The van der Waals surface area contributed by atoms with Crippen molar-refractivity contribution in [2.24, 2.45) is 5.73 Å². The summed E-state index contributed by atoms with van der Waals surface area (Å²) in [6.07, 6.45) is -0.0497. The fourth-order valence-electron chi connectivity index (χ4n) is 1.83. The van der Waals surface area contributed by atoms with Gasteiger partial charge >= 0.3 is 6.09 Å². The molecule has 0 radical (unpaired) electrons. The Hall–Kier alpha value is -2.23. The summed E-state index contributed by atoms with van der Waals surface area (Å²) in [6.45, 7) is 1.41. The van der Waals surface area contributed by atoms with Crippen LogP contribution in [0.15, 0.2) is 12.3 Å². The van der Waals surface area contributed by atoms with Gasteiger partial charge < -0.3 is 25.6 Å². The van der Waals surface area contributed by atoms with Crippen molar-refractivity contribution in [1.82, 2.24) is 15.6 Å². The van der Waals surface area contributed by atoms with Gasteiger partial charge in [-0.05, 0) is 6.07 Å².